The van der Waals surface area contributed by atoms with Crippen LogP contribution in [0.15, 0.2) is 35.6 Å². The quantitative estimate of drug-likeness (QED) is 0.810. The van der Waals surface area contributed by atoms with Crippen molar-refractivity contribution < 1.29 is 14.6 Å². The van der Waals surface area contributed by atoms with E-state index in [0.717, 1.165) is 43.6 Å². The molecule has 0 fully saturated rings. The Morgan fingerprint density at radius 1 is 1.28 bits per heavy atom. The van der Waals surface area contributed by atoms with Crippen LogP contribution < -0.4 is 9.47 Å². The summed E-state index contributed by atoms with van der Waals surface area (Å²) in [5.74, 6) is 3.05. The van der Waals surface area contributed by atoms with E-state index in [0.29, 0.717) is 18.3 Å². The monoisotopic (exact) mass is 340 g/mol. The highest BCUT2D eigenvalue weighted by molar-refractivity contribution is 5.52. The van der Waals surface area contributed by atoms with E-state index in [1.165, 1.54) is 16.7 Å². The van der Waals surface area contributed by atoms with E-state index in [9.17, 15) is 5.11 Å². The molecule has 2 heterocycles. The molecule has 25 heavy (non-hydrogen) atoms. The van der Waals surface area contributed by atoms with Crippen molar-refractivity contribution in [1.82, 2.24) is 0 Å². The first-order chi connectivity index (χ1) is 12.0. The normalized spacial score (nSPS) is 27.2. The van der Waals surface area contributed by atoms with Gasteiger partial charge in [0.15, 0.2) is 0 Å². The van der Waals surface area contributed by atoms with Gasteiger partial charge in [0.1, 0.15) is 17.1 Å². The second-order valence-electron chi connectivity index (χ2n) is 8.21. The van der Waals surface area contributed by atoms with E-state index in [2.05, 4.69) is 39.0 Å². The van der Waals surface area contributed by atoms with Gasteiger partial charge in [-0.1, -0.05) is 19.1 Å². The van der Waals surface area contributed by atoms with Gasteiger partial charge in [0.2, 0.25) is 0 Å². The van der Waals surface area contributed by atoms with Gasteiger partial charge in [-0.3, -0.25) is 0 Å². The van der Waals surface area contributed by atoms with Crippen LogP contribution in [-0.2, 0) is 12.8 Å². The van der Waals surface area contributed by atoms with Crippen molar-refractivity contribution in [2.75, 3.05) is 6.61 Å². The Kier molecular flexibility index (Phi) is 4.05. The topological polar surface area (TPSA) is 38.7 Å². The molecule has 0 spiro atoms. The zero-order valence-corrected chi connectivity index (χ0v) is 15.5. The second-order valence-corrected chi connectivity index (χ2v) is 8.21. The van der Waals surface area contributed by atoms with Gasteiger partial charge in [0, 0.05) is 17.4 Å². The van der Waals surface area contributed by atoms with Gasteiger partial charge in [-0.15, -0.1) is 0 Å². The summed E-state index contributed by atoms with van der Waals surface area (Å²) in [6.45, 7) is 7.08. The van der Waals surface area contributed by atoms with Crippen molar-refractivity contribution in [3.05, 3.63) is 46.7 Å². The summed E-state index contributed by atoms with van der Waals surface area (Å²) in [5.41, 5.74) is 3.63. The molecular formula is C22H28O3. The van der Waals surface area contributed by atoms with E-state index < -0.39 is 0 Å². The first-order valence-corrected chi connectivity index (χ1v) is 9.53. The van der Waals surface area contributed by atoms with E-state index in [1.807, 2.05) is 6.08 Å². The van der Waals surface area contributed by atoms with Gasteiger partial charge in [-0.25, -0.2) is 0 Å². The van der Waals surface area contributed by atoms with Gasteiger partial charge < -0.3 is 14.6 Å². The molecule has 0 saturated carbocycles. The molecule has 2 atom stereocenters. The maximum Gasteiger partial charge on any atom is 0.129 e. The lowest BCUT2D eigenvalue weighted by atomic mass is 9.78. The Morgan fingerprint density at radius 3 is 2.88 bits per heavy atom. The van der Waals surface area contributed by atoms with Gasteiger partial charge in [0.25, 0.3) is 0 Å². The number of allylic oxidation sites excluding steroid dienone is 4. The lowest BCUT2D eigenvalue weighted by Crippen LogP contribution is -2.34. The van der Waals surface area contributed by atoms with Crippen LogP contribution in [0.3, 0.4) is 0 Å². The smallest absolute Gasteiger partial charge is 0.129 e. The first-order valence-electron chi connectivity index (χ1n) is 9.53. The Bertz CT molecular complexity index is 742. The number of ether oxygens (including phenoxy) is 2. The molecule has 4 rings (SSSR count). The maximum absolute atomic E-state index is 10.5. The molecule has 2 unspecified atom stereocenters. The number of hydrogen-bond acceptors (Lipinski definition) is 3. The standard InChI is InChI=1S/C22H28O3/c1-4-14-5-7-17(19(23)11-14)16-12-15-6-8-20-18(21(15)24-13-16)9-10-22(2,3)25-20/h5-6,8,11,16-17,23H,4,7,9-10,12-13H2,1-3H3. The number of benzene rings is 1. The lowest BCUT2D eigenvalue weighted by Gasteiger charge is -2.37. The number of aliphatic hydroxyl groups is 1. The Hall–Kier alpha value is -1.90. The molecule has 1 aliphatic carbocycles. The summed E-state index contributed by atoms with van der Waals surface area (Å²) in [7, 11) is 0. The molecule has 1 N–H and O–H groups in total. The highest BCUT2D eigenvalue weighted by Crippen LogP contribution is 2.44. The zero-order valence-electron chi connectivity index (χ0n) is 15.5. The van der Waals surface area contributed by atoms with Crippen LogP contribution in [0.25, 0.3) is 0 Å². The minimum Gasteiger partial charge on any atom is -0.512 e. The summed E-state index contributed by atoms with van der Waals surface area (Å²) in [4.78, 5) is 0. The van der Waals surface area contributed by atoms with Crippen LogP contribution in [0.4, 0.5) is 0 Å². The molecule has 2 aliphatic heterocycles. The lowest BCUT2D eigenvalue weighted by molar-refractivity contribution is 0.0812. The molecule has 1 aromatic carbocycles. The molecule has 3 nitrogen and oxygen atoms in total. The number of fused-ring (bicyclic) bond motifs is 3. The summed E-state index contributed by atoms with van der Waals surface area (Å²) < 4.78 is 12.4. The van der Waals surface area contributed by atoms with Crippen LogP contribution in [-0.4, -0.2) is 17.3 Å². The van der Waals surface area contributed by atoms with Crippen LogP contribution in [0.2, 0.25) is 0 Å². The molecule has 0 radical (unpaired) electrons. The van der Waals surface area contributed by atoms with E-state index >= 15 is 0 Å². The minimum absolute atomic E-state index is 0.0968. The van der Waals surface area contributed by atoms with Crippen LogP contribution in [0.1, 0.15) is 51.2 Å². The van der Waals surface area contributed by atoms with Gasteiger partial charge >= 0.3 is 0 Å². The Morgan fingerprint density at radius 2 is 2.12 bits per heavy atom. The first kappa shape index (κ1) is 16.6. The minimum atomic E-state index is -0.0968. The SMILES string of the molecule is CCC1=CCC(C2COc3c(ccc4c3CCC(C)(C)O4)C2)C(O)=C1. The third kappa shape index (κ3) is 3.05. The van der Waals surface area contributed by atoms with E-state index in [-0.39, 0.29) is 11.5 Å². The van der Waals surface area contributed by atoms with Gasteiger partial charge in [-0.2, -0.15) is 0 Å². The van der Waals surface area contributed by atoms with Gasteiger partial charge in [0.05, 0.1) is 12.4 Å². The average molecular weight is 340 g/mol. The fourth-order valence-corrected chi connectivity index (χ4v) is 4.33. The summed E-state index contributed by atoms with van der Waals surface area (Å²) >= 11 is 0. The van der Waals surface area contributed by atoms with Crippen molar-refractivity contribution in [2.24, 2.45) is 11.8 Å². The second kappa shape index (κ2) is 6.12. The molecule has 134 valence electrons. The fraction of sp³-hybridized carbons (Fsp3) is 0.545. The Balaban J connectivity index is 1.55. The van der Waals surface area contributed by atoms with Crippen molar-refractivity contribution in [1.29, 1.82) is 0 Å². The van der Waals surface area contributed by atoms with Crippen molar-refractivity contribution in [2.45, 2.75) is 58.5 Å². The van der Waals surface area contributed by atoms with Gasteiger partial charge in [-0.05, 0) is 69.2 Å². The summed E-state index contributed by atoms with van der Waals surface area (Å²) in [6.07, 6.45) is 9.09. The molecule has 0 aromatic heterocycles. The largest absolute Gasteiger partial charge is 0.512 e. The molecule has 1 aromatic rings. The molecule has 3 aliphatic rings. The van der Waals surface area contributed by atoms with Crippen LogP contribution in [0, 0.1) is 11.8 Å². The number of rotatable bonds is 2. The van der Waals surface area contributed by atoms with E-state index in [1.54, 1.807) is 0 Å². The predicted molar refractivity (Wildman–Crippen MR) is 99.4 cm³/mol. The van der Waals surface area contributed by atoms with Crippen molar-refractivity contribution in [3.8, 4) is 11.5 Å². The zero-order chi connectivity index (χ0) is 17.6. The third-order valence-electron chi connectivity index (χ3n) is 5.91. The maximum atomic E-state index is 10.5. The summed E-state index contributed by atoms with van der Waals surface area (Å²) in [6, 6.07) is 4.26. The average Bonchev–Trinajstić information content (AvgIpc) is 2.60. The number of aliphatic hydroxyl groups excluding tert-OH is 1. The fourth-order valence-electron chi connectivity index (χ4n) is 4.33. The molecular weight excluding hydrogens is 312 g/mol. The third-order valence-corrected chi connectivity index (χ3v) is 5.91. The van der Waals surface area contributed by atoms with Crippen molar-refractivity contribution in [3.63, 3.8) is 0 Å². The number of hydrogen-bond donors (Lipinski definition) is 1. The summed E-state index contributed by atoms with van der Waals surface area (Å²) in [5, 5.41) is 10.5. The molecule has 3 heteroatoms. The van der Waals surface area contributed by atoms with Crippen LogP contribution in [0.5, 0.6) is 11.5 Å². The van der Waals surface area contributed by atoms with Crippen LogP contribution >= 0.6 is 0 Å². The van der Waals surface area contributed by atoms with E-state index in [4.69, 9.17) is 9.47 Å². The Labute approximate surface area is 150 Å². The van der Waals surface area contributed by atoms with Crippen molar-refractivity contribution >= 4 is 0 Å². The molecule has 0 bridgehead atoms. The molecule has 0 amide bonds. The molecule has 0 saturated heterocycles. The highest BCUT2D eigenvalue weighted by atomic mass is 16.5. The highest BCUT2D eigenvalue weighted by Gasteiger charge is 2.35. The predicted octanol–water partition coefficient (Wildman–Crippen LogP) is 5.14.